The lowest BCUT2D eigenvalue weighted by atomic mass is 9.90. The summed E-state index contributed by atoms with van der Waals surface area (Å²) in [4.78, 5) is 14.8. The minimum absolute atomic E-state index is 0.119. The molecule has 1 aliphatic heterocycles. The Balaban J connectivity index is 1.28. The number of carbonyl (C=O) groups excluding carboxylic acids is 1. The highest BCUT2D eigenvalue weighted by molar-refractivity contribution is 5.94. The molecule has 132 valence electrons. The second-order valence-corrected chi connectivity index (χ2v) is 7.21. The SMILES string of the molecule is COc1ccc(C(C)N2CC(CC(=O)c3cn(C4CC4)nn3)C2)cc1. The van der Waals surface area contributed by atoms with E-state index in [1.54, 1.807) is 7.11 Å². The van der Waals surface area contributed by atoms with Gasteiger partial charge < -0.3 is 4.74 Å². The van der Waals surface area contributed by atoms with Crippen LogP contribution in [0.5, 0.6) is 5.75 Å². The van der Waals surface area contributed by atoms with Crippen LogP contribution in [0.3, 0.4) is 0 Å². The highest BCUT2D eigenvalue weighted by Gasteiger charge is 2.33. The lowest BCUT2D eigenvalue weighted by Crippen LogP contribution is -2.48. The van der Waals surface area contributed by atoms with Gasteiger partial charge in [-0.1, -0.05) is 17.3 Å². The Morgan fingerprint density at radius 2 is 2.00 bits per heavy atom. The fourth-order valence-corrected chi connectivity index (χ4v) is 3.44. The number of carbonyl (C=O) groups is 1. The van der Waals surface area contributed by atoms with Crippen LogP contribution in [0.2, 0.25) is 0 Å². The van der Waals surface area contributed by atoms with Gasteiger partial charge in [0.1, 0.15) is 11.4 Å². The van der Waals surface area contributed by atoms with Gasteiger partial charge in [0.15, 0.2) is 5.78 Å². The van der Waals surface area contributed by atoms with Crippen molar-refractivity contribution in [3.8, 4) is 5.75 Å². The molecule has 0 N–H and O–H groups in total. The predicted molar refractivity (Wildman–Crippen MR) is 93.7 cm³/mol. The van der Waals surface area contributed by atoms with Crippen molar-refractivity contribution in [1.82, 2.24) is 19.9 Å². The van der Waals surface area contributed by atoms with Gasteiger partial charge >= 0.3 is 0 Å². The summed E-state index contributed by atoms with van der Waals surface area (Å²) in [5.74, 6) is 1.41. The third kappa shape index (κ3) is 3.44. The van der Waals surface area contributed by atoms with Gasteiger partial charge in [-0.25, -0.2) is 4.68 Å². The van der Waals surface area contributed by atoms with Crippen molar-refractivity contribution >= 4 is 5.78 Å². The Labute approximate surface area is 147 Å². The molecule has 1 atom stereocenters. The smallest absolute Gasteiger partial charge is 0.185 e. The maximum Gasteiger partial charge on any atom is 0.185 e. The Morgan fingerprint density at radius 3 is 2.64 bits per heavy atom. The minimum Gasteiger partial charge on any atom is -0.497 e. The molecule has 1 aromatic carbocycles. The molecule has 2 aliphatic rings. The van der Waals surface area contributed by atoms with Crippen LogP contribution < -0.4 is 4.74 Å². The van der Waals surface area contributed by atoms with Gasteiger partial charge in [0.25, 0.3) is 0 Å². The molecule has 2 aromatic rings. The molecular weight excluding hydrogens is 316 g/mol. The molecule has 0 radical (unpaired) electrons. The molecule has 0 bridgehead atoms. The van der Waals surface area contributed by atoms with Gasteiger partial charge in [0, 0.05) is 25.6 Å². The molecule has 4 rings (SSSR count). The van der Waals surface area contributed by atoms with Crippen molar-refractivity contribution in [1.29, 1.82) is 0 Å². The molecule has 1 aliphatic carbocycles. The molecule has 0 spiro atoms. The normalized spacial score (nSPS) is 19.4. The van der Waals surface area contributed by atoms with E-state index in [9.17, 15) is 4.79 Å². The largest absolute Gasteiger partial charge is 0.497 e. The number of ketones is 1. The number of likely N-dealkylation sites (tertiary alicyclic amines) is 1. The zero-order chi connectivity index (χ0) is 17.4. The van der Waals surface area contributed by atoms with Crippen LogP contribution in [0, 0.1) is 5.92 Å². The van der Waals surface area contributed by atoms with Crippen molar-refractivity contribution < 1.29 is 9.53 Å². The summed E-state index contributed by atoms with van der Waals surface area (Å²) in [5.41, 5.74) is 1.80. The molecule has 1 saturated carbocycles. The van der Waals surface area contributed by atoms with Crippen LogP contribution in [-0.2, 0) is 0 Å². The Hall–Kier alpha value is -2.21. The number of rotatable bonds is 7. The van der Waals surface area contributed by atoms with E-state index >= 15 is 0 Å². The molecule has 2 heterocycles. The van der Waals surface area contributed by atoms with E-state index in [0.717, 1.165) is 31.7 Å². The van der Waals surface area contributed by atoms with Crippen LogP contribution in [0.15, 0.2) is 30.5 Å². The molecule has 25 heavy (non-hydrogen) atoms. The Morgan fingerprint density at radius 1 is 1.28 bits per heavy atom. The van der Waals surface area contributed by atoms with Crippen molar-refractivity contribution in [3.05, 3.63) is 41.7 Å². The second-order valence-electron chi connectivity index (χ2n) is 7.21. The second kappa shape index (κ2) is 6.59. The average molecular weight is 340 g/mol. The first kappa shape index (κ1) is 16.3. The van der Waals surface area contributed by atoms with Crippen LogP contribution in [-0.4, -0.2) is 45.9 Å². The first-order valence-corrected chi connectivity index (χ1v) is 8.97. The molecule has 1 saturated heterocycles. The van der Waals surface area contributed by atoms with Crippen molar-refractivity contribution in [2.45, 2.75) is 38.3 Å². The number of methoxy groups -OCH3 is 1. The minimum atomic E-state index is 0.119. The van der Waals surface area contributed by atoms with E-state index in [4.69, 9.17) is 4.74 Å². The van der Waals surface area contributed by atoms with E-state index in [1.807, 2.05) is 23.0 Å². The summed E-state index contributed by atoms with van der Waals surface area (Å²) in [7, 11) is 1.68. The number of hydrogen-bond donors (Lipinski definition) is 0. The topological polar surface area (TPSA) is 60.2 Å². The zero-order valence-corrected chi connectivity index (χ0v) is 14.8. The summed E-state index contributed by atoms with van der Waals surface area (Å²) in [6.07, 6.45) is 4.68. The molecule has 6 nitrogen and oxygen atoms in total. The van der Waals surface area contributed by atoms with E-state index in [0.29, 0.717) is 30.1 Å². The number of aromatic nitrogens is 3. The van der Waals surface area contributed by atoms with E-state index < -0.39 is 0 Å². The third-order valence-corrected chi connectivity index (χ3v) is 5.32. The monoisotopic (exact) mass is 340 g/mol. The van der Waals surface area contributed by atoms with Crippen molar-refractivity contribution in [2.75, 3.05) is 20.2 Å². The summed E-state index contributed by atoms with van der Waals surface area (Å²) in [5, 5.41) is 8.12. The van der Waals surface area contributed by atoms with Crippen molar-refractivity contribution in [2.24, 2.45) is 5.92 Å². The molecule has 1 unspecified atom stereocenters. The summed E-state index contributed by atoms with van der Waals surface area (Å²) < 4.78 is 7.05. The van der Waals surface area contributed by atoms with Crippen molar-refractivity contribution in [3.63, 3.8) is 0 Å². The zero-order valence-electron chi connectivity index (χ0n) is 14.8. The molecular formula is C19H24N4O2. The lowest BCUT2D eigenvalue weighted by molar-refractivity contribution is 0.0502. The maximum atomic E-state index is 12.4. The maximum absolute atomic E-state index is 12.4. The first-order chi connectivity index (χ1) is 12.1. The molecule has 2 fully saturated rings. The highest BCUT2D eigenvalue weighted by Crippen LogP contribution is 2.34. The van der Waals surface area contributed by atoms with Gasteiger partial charge in [-0.2, -0.15) is 0 Å². The molecule has 6 heteroatoms. The third-order valence-electron chi connectivity index (χ3n) is 5.32. The van der Waals surface area contributed by atoms with Crippen LogP contribution in [0.4, 0.5) is 0 Å². The Bertz CT molecular complexity index is 745. The number of nitrogens with zero attached hydrogens (tertiary/aromatic N) is 4. The number of ether oxygens (including phenoxy) is 1. The summed E-state index contributed by atoms with van der Waals surface area (Å²) in [6, 6.07) is 9.04. The van der Waals surface area contributed by atoms with Gasteiger partial charge in [-0.15, -0.1) is 5.10 Å². The fraction of sp³-hybridized carbons (Fsp3) is 0.526. The van der Waals surface area contributed by atoms with Gasteiger partial charge in [0.05, 0.1) is 19.3 Å². The quantitative estimate of drug-likeness (QED) is 0.725. The fourth-order valence-electron chi connectivity index (χ4n) is 3.44. The van der Waals surface area contributed by atoms with Gasteiger partial charge in [0.2, 0.25) is 0 Å². The number of hydrogen-bond acceptors (Lipinski definition) is 5. The highest BCUT2D eigenvalue weighted by atomic mass is 16.5. The van der Waals surface area contributed by atoms with Gasteiger partial charge in [-0.3, -0.25) is 9.69 Å². The van der Waals surface area contributed by atoms with Crippen LogP contribution >= 0.6 is 0 Å². The Kier molecular flexibility index (Phi) is 4.29. The lowest BCUT2D eigenvalue weighted by Gasteiger charge is -2.43. The van der Waals surface area contributed by atoms with E-state index in [2.05, 4.69) is 34.3 Å². The van der Waals surface area contributed by atoms with Crippen LogP contribution in [0.1, 0.15) is 54.3 Å². The van der Waals surface area contributed by atoms with E-state index in [-0.39, 0.29) is 5.78 Å². The van der Waals surface area contributed by atoms with E-state index in [1.165, 1.54) is 5.56 Å². The standard InChI is InChI=1S/C19H24N4O2/c1-13(15-3-7-17(25-2)8-4-15)22-10-14(11-22)9-19(24)18-12-23(21-20-18)16-5-6-16/h3-4,7-8,12-14,16H,5-6,9-11H2,1-2H3. The number of benzene rings is 1. The number of Topliss-reactive ketones (excluding diaryl/α,β-unsaturated/α-hetero) is 1. The van der Waals surface area contributed by atoms with Gasteiger partial charge in [-0.05, 0) is 43.4 Å². The summed E-state index contributed by atoms with van der Waals surface area (Å²) >= 11 is 0. The van der Waals surface area contributed by atoms with Crippen LogP contribution in [0.25, 0.3) is 0 Å². The predicted octanol–water partition coefficient (Wildman–Crippen LogP) is 2.89. The first-order valence-electron chi connectivity index (χ1n) is 8.97. The summed E-state index contributed by atoms with van der Waals surface area (Å²) in [6.45, 7) is 4.12. The molecule has 1 aromatic heterocycles. The average Bonchev–Trinajstić information content (AvgIpc) is 3.34. The molecule has 0 amide bonds.